The van der Waals surface area contributed by atoms with E-state index in [1.165, 1.54) is 18.3 Å². The second-order valence-corrected chi connectivity index (χ2v) is 7.80. The van der Waals surface area contributed by atoms with E-state index in [9.17, 15) is 13.2 Å². The van der Waals surface area contributed by atoms with Gasteiger partial charge in [0.15, 0.2) is 0 Å². The van der Waals surface area contributed by atoms with Crippen LogP contribution in [0.4, 0.5) is 0 Å². The summed E-state index contributed by atoms with van der Waals surface area (Å²) in [4.78, 5) is 11.3. The van der Waals surface area contributed by atoms with E-state index in [0.29, 0.717) is 15.4 Å². The Balaban J connectivity index is 2.24. The average molecular weight is 394 g/mol. The first kappa shape index (κ1) is 15.8. The summed E-state index contributed by atoms with van der Waals surface area (Å²) < 4.78 is 27.2. The Labute approximate surface area is 141 Å². The zero-order chi connectivity index (χ0) is 16.8. The minimum absolute atomic E-state index is 0.0925. The molecule has 0 spiro atoms. The zero-order valence-electron chi connectivity index (χ0n) is 12.0. The van der Waals surface area contributed by atoms with E-state index >= 15 is 0 Å². The van der Waals surface area contributed by atoms with Gasteiger partial charge in [-0.25, -0.2) is 17.2 Å². The number of carbonyl (C=O) groups is 1. The molecule has 0 atom stereocenters. The van der Waals surface area contributed by atoms with Crippen LogP contribution in [0.2, 0.25) is 0 Å². The van der Waals surface area contributed by atoms with Crippen LogP contribution in [0.25, 0.3) is 10.9 Å². The van der Waals surface area contributed by atoms with Gasteiger partial charge in [0.25, 0.3) is 10.0 Å². The largest absolute Gasteiger partial charge is 0.478 e. The number of fused-ring (bicyclic) bond motifs is 1. The summed E-state index contributed by atoms with van der Waals surface area (Å²) in [7, 11) is -3.76. The predicted octanol–water partition coefficient (Wildman–Crippen LogP) is 3.65. The second kappa shape index (κ2) is 5.50. The Bertz CT molecular complexity index is 1020. The van der Waals surface area contributed by atoms with Crippen molar-refractivity contribution in [2.45, 2.75) is 11.8 Å². The molecule has 0 aliphatic rings. The predicted molar refractivity (Wildman–Crippen MR) is 90.4 cm³/mol. The first-order valence-electron chi connectivity index (χ1n) is 6.67. The van der Waals surface area contributed by atoms with Gasteiger partial charge < -0.3 is 5.11 Å². The van der Waals surface area contributed by atoms with E-state index in [-0.39, 0.29) is 10.5 Å². The molecule has 0 unspecified atom stereocenters. The minimum atomic E-state index is -3.76. The molecule has 0 saturated heterocycles. The Kier molecular flexibility index (Phi) is 3.77. The summed E-state index contributed by atoms with van der Waals surface area (Å²) in [5, 5.41) is 9.63. The molecule has 3 aromatic rings. The van der Waals surface area contributed by atoms with Gasteiger partial charge in [0.05, 0.1) is 16.0 Å². The number of hydrogen-bond donors (Lipinski definition) is 1. The Morgan fingerprint density at radius 3 is 2.39 bits per heavy atom. The van der Waals surface area contributed by atoms with Crippen molar-refractivity contribution in [1.82, 2.24) is 3.97 Å². The monoisotopic (exact) mass is 393 g/mol. The second-order valence-electron chi connectivity index (χ2n) is 5.13. The molecule has 1 heterocycles. The summed E-state index contributed by atoms with van der Waals surface area (Å²) in [6, 6.07) is 11.0. The number of nitrogens with zero attached hydrogens (tertiary/aromatic N) is 1. The number of carboxylic acids is 1. The molecule has 3 rings (SSSR count). The summed E-state index contributed by atoms with van der Waals surface area (Å²) >= 11 is 3.27. The van der Waals surface area contributed by atoms with E-state index in [4.69, 9.17) is 5.11 Å². The lowest BCUT2D eigenvalue weighted by Crippen LogP contribution is -2.12. The van der Waals surface area contributed by atoms with E-state index in [1.54, 1.807) is 30.3 Å². The van der Waals surface area contributed by atoms with Crippen LogP contribution in [0.1, 0.15) is 15.9 Å². The molecule has 2 aromatic carbocycles. The molecule has 0 bridgehead atoms. The number of benzene rings is 2. The Morgan fingerprint density at radius 2 is 1.78 bits per heavy atom. The minimum Gasteiger partial charge on any atom is -0.478 e. The van der Waals surface area contributed by atoms with Gasteiger partial charge in [0.1, 0.15) is 0 Å². The van der Waals surface area contributed by atoms with Crippen LogP contribution in [0.15, 0.2) is 58.0 Å². The fourth-order valence-electron chi connectivity index (χ4n) is 2.35. The molecule has 0 aliphatic carbocycles. The van der Waals surface area contributed by atoms with Crippen molar-refractivity contribution < 1.29 is 18.3 Å². The molecule has 1 aromatic heterocycles. The van der Waals surface area contributed by atoms with Crippen molar-refractivity contribution in [1.29, 1.82) is 0 Å². The summed E-state index contributed by atoms with van der Waals surface area (Å²) in [5.41, 5.74) is 1.47. The lowest BCUT2D eigenvalue weighted by molar-refractivity contribution is 0.0697. The highest BCUT2D eigenvalue weighted by molar-refractivity contribution is 9.10. The molecule has 5 nitrogen and oxygen atoms in total. The van der Waals surface area contributed by atoms with E-state index in [0.717, 1.165) is 9.54 Å². The fourth-order valence-corrected chi connectivity index (χ4v) is 4.51. The van der Waals surface area contributed by atoms with Crippen molar-refractivity contribution in [3.05, 3.63) is 64.3 Å². The van der Waals surface area contributed by atoms with Gasteiger partial charge in [-0.1, -0.05) is 17.7 Å². The first-order chi connectivity index (χ1) is 10.8. The van der Waals surface area contributed by atoms with Crippen molar-refractivity contribution in [2.24, 2.45) is 0 Å². The normalized spacial score (nSPS) is 11.7. The number of hydrogen-bond acceptors (Lipinski definition) is 3. The van der Waals surface area contributed by atoms with Crippen LogP contribution < -0.4 is 0 Å². The van der Waals surface area contributed by atoms with Gasteiger partial charge in [-0.2, -0.15) is 0 Å². The van der Waals surface area contributed by atoms with Gasteiger partial charge in [0, 0.05) is 16.1 Å². The molecule has 0 radical (unpaired) electrons. The number of aromatic carboxylic acids is 1. The molecule has 0 saturated carbocycles. The lowest BCUT2D eigenvalue weighted by atomic mass is 10.1. The molecule has 118 valence electrons. The van der Waals surface area contributed by atoms with Crippen molar-refractivity contribution in [3.63, 3.8) is 0 Å². The van der Waals surface area contributed by atoms with E-state index in [2.05, 4.69) is 15.9 Å². The van der Waals surface area contributed by atoms with Crippen LogP contribution in [0.5, 0.6) is 0 Å². The van der Waals surface area contributed by atoms with Crippen molar-refractivity contribution in [2.75, 3.05) is 0 Å². The summed E-state index contributed by atoms with van der Waals surface area (Å²) in [6.45, 7) is 1.88. The third-order valence-electron chi connectivity index (χ3n) is 3.53. The summed E-state index contributed by atoms with van der Waals surface area (Å²) in [5.74, 6) is -1.07. The highest BCUT2D eigenvalue weighted by Gasteiger charge is 2.21. The first-order valence-corrected chi connectivity index (χ1v) is 8.90. The maximum atomic E-state index is 12.8. The van der Waals surface area contributed by atoms with E-state index in [1.807, 2.05) is 6.92 Å². The van der Waals surface area contributed by atoms with Gasteiger partial charge in [-0.3, -0.25) is 0 Å². The maximum absolute atomic E-state index is 12.8. The average Bonchev–Trinajstić information content (AvgIpc) is 2.93. The molecule has 0 fully saturated rings. The van der Waals surface area contributed by atoms with Crippen molar-refractivity contribution in [3.8, 4) is 0 Å². The SMILES string of the molecule is Cc1ccc(S(=O)(=O)n2ccc3cc(C(=O)O)cc(Br)c32)cc1. The zero-order valence-corrected chi connectivity index (χ0v) is 14.4. The molecule has 0 amide bonds. The highest BCUT2D eigenvalue weighted by atomic mass is 79.9. The Hall–Kier alpha value is -2.12. The number of carboxylic acid groups (broad SMARTS) is 1. The van der Waals surface area contributed by atoms with Gasteiger partial charge in [0.2, 0.25) is 0 Å². The number of rotatable bonds is 3. The third kappa shape index (κ3) is 2.66. The van der Waals surface area contributed by atoms with Crippen LogP contribution in [-0.4, -0.2) is 23.5 Å². The summed E-state index contributed by atoms with van der Waals surface area (Å²) in [6.07, 6.45) is 1.43. The molecule has 23 heavy (non-hydrogen) atoms. The highest BCUT2D eigenvalue weighted by Crippen LogP contribution is 2.30. The maximum Gasteiger partial charge on any atom is 0.335 e. The smallest absolute Gasteiger partial charge is 0.335 e. The molecule has 1 N–H and O–H groups in total. The lowest BCUT2D eigenvalue weighted by Gasteiger charge is -2.09. The molecule has 0 aliphatic heterocycles. The number of halogens is 1. The third-order valence-corrected chi connectivity index (χ3v) is 5.82. The van der Waals surface area contributed by atoms with Crippen molar-refractivity contribution >= 4 is 42.8 Å². The molecular formula is C16H12BrNO4S. The van der Waals surface area contributed by atoms with Gasteiger partial charge >= 0.3 is 5.97 Å². The van der Waals surface area contributed by atoms with Crippen LogP contribution in [0, 0.1) is 6.92 Å². The van der Waals surface area contributed by atoms with Crippen LogP contribution in [-0.2, 0) is 10.0 Å². The molecular weight excluding hydrogens is 382 g/mol. The van der Waals surface area contributed by atoms with Gasteiger partial charge in [-0.15, -0.1) is 0 Å². The van der Waals surface area contributed by atoms with E-state index < -0.39 is 16.0 Å². The fraction of sp³-hybridized carbons (Fsp3) is 0.0625. The van der Waals surface area contributed by atoms with Crippen LogP contribution in [0.3, 0.4) is 0 Å². The Morgan fingerprint density at radius 1 is 1.13 bits per heavy atom. The number of aryl methyl sites for hydroxylation is 1. The number of aromatic nitrogens is 1. The van der Waals surface area contributed by atoms with Crippen LogP contribution >= 0.6 is 15.9 Å². The van der Waals surface area contributed by atoms with Gasteiger partial charge in [-0.05, 0) is 53.2 Å². The quantitative estimate of drug-likeness (QED) is 0.736. The molecule has 7 heteroatoms. The topological polar surface area (TPSA) is 76.4 Å². The standard InChI is InChI=1S/C16H12BrNO4S/c1-10-2-4-13(5-3-10)23(21,22)18-7-6-11-8-12(16(19)20)9-14(17)15(11)18/h2-9H,1H3,(H,19,20).